The molecule has 37 heavy (non-hydrogen) atoms. The van der Waals surface area contributed by atoms with Gasteiger partial charge in [-0.3, -0.25) is 13.8 Å². The van der Waals surface area contributed by atoms with Crippen molar-refractivity contribution in [1.29, 1.82) is 0 Å². The number of unbranched alkanes of at least 4 members (excludes halogenated alkanes) is 13. The molecule has 1 unspecified atom stereocenters. The Morgan fingerprint density at radius 3 is 1.86 bits per heavy atom. The van der Waals surface area contributed by atoms with Crippen LogP contribution in [0.3, 0.4) is 0 Å². The highest BCUT2D eigenvalue weighted by Gasteiger charge is 2.24. The van der Waals surface area contributed by atoms with Gasteiger partial charge in [-0.05, 0) is 32.1 Å². The van der Waals surface area contributed by atoms with Crippen LogP contribution >= 0.6 is 7.82 Å². The van der Waals surface area contributed by atoms with Crippen molar-refractivity contribution in [1.82, 2.24) is 0 Å². The van der Waals surface area contributed by atoms with Gasteiger partial charge < -0.3 is 19.2 Å². The topological polar surface area (TPSA) is 102 Å². The molecule has 0 rings (SSSR count). The summed E-state index contributed by atoms with van der Waals surface area (Å²) in [5.41, 5.74) is 0. The molecule has 0 aromatic heterocycles. The Bertz CT molecular complexity index is 622. The van der Waals surface area contributed by atoms with Crippen LogP contribution in [0.15, 0.2) is 12.2 Å². The summed E-state index contributed by atoms with van der Waals surface area (Å²) in [6.07, 6.45) is 22.1. The molecule has 0 fully saturated rings. The van der Waals surface area contributed by atoms with Gasteiger partial charge in [0, 0.05) is 6.42 Å². The van der Waals surface area contributed by atoms with E-state index in [1.807, 2.05) is 21.1 Å². The summed E-state index contributed by atoms with van der Waals surface area (Å²) in [6, 6.07) is 0. The van der Waals surface area contributed by atoms with Crippen LogP contribution in [0.5, 0.6) is 0 Å². The van der Waals surface area contributed by atoms with Gasteiger partial charge in [0.25, 0.3) is 0 Å². The van der Waals surface area contributed by atoms with Crippen LogP contribution in [-0.2, 0) is 23.1 Å². The molecule has 0 amide bonds. The fourth-order valence-corrected chi connectivity index (χ4v) is 4.40. The van der Waals surface area contributed by atoms with E-state index in [2.05, 4.69) is 19.1 Å². The molecule has 2 atom stereocenters. The second-order valence-corrected chi connectivity index (χ2v) is 12.4. The summed E-state index contributed by atoms with van der Waals surface area (Å²) in [7, 11) is 1.56. The largest absolute Gasteiger partial charge is 0.472 e. The number of rotatable bonds is 26. The van der Waals surface area contributed by atoms with Gasteiger partial charge in [-0.25, -0.2) is 4.57 Å². The third kappa shape index (κ3) is 28.1. The van der Waals surface area contributed by atoms with Gasteiger partial charge in [-0.1, -0.05) is 83.3 Å². The summed E-state index contributed by atoms with van der Waals surface area (Å²) in [5.74, 6) is -0.375. The number of phosphoric acid groups is 1. The SMILES string of the molecule is CCCCCC/C=C\CCCCCCCCCCCC(=O)OC[C@@H](O)COP(=O)(O)OCC[N+](C)(C)C. The lowest BCUT2D eigenvalue weighted by Crippen LogP contribution is -2.37. The predicted octanol–water partition coefficient (Wildman–Crippen LogP) is 6.55. The number of ether oxygens (including phenoxy) is 1. The Morgan fingerprint density at radius 2 is 1.32 bits per heavy atom. The Balaban J connectivity index is 3.53. The van der Waals surface area contributed by atoms with E-state index in [-0.39, 0.29) is 19.2 Å². The summed E-state index contributed by atoms with van der Waals surface area (Å²) >= 11 is 0. The van der Waals surface area contributed by atoms with Crippen molar-refractivity contribution in [3.05, 3.63) is 12.2 Å². The number of hydrogen-bond acceptors (Lipinski definition) is 6. The van der Waals surface area contributed by atoms with Crippen LogP contribution in [0.2, 0.25) is 0 Å². The molecule has 0 aromatic carbocycles. The number of quaternary nitrogens is 1. The molecule has 0 aliphatic carbocycles. The number of aliphatic hydroxyl groups is 1. The summed E-state index contributed by atoms with van der Waals surface area (Å²) in [6.45, 7) is 2.12. The molecule has 0 bridgehead atoms. The zero-order chi connectivity index (χ0) is 27.8. The average Bonchev–Trinajstić information content (AvgIpc) is 2.82. The van der Waals surface area contributed by atoms with E-state index >= 15 is 0 Å². The molecular formula is C28H57NO7P+. The Hall–Kier alpha value is -0.760. The summed E-state index contributed by atoms with van der Waals surface area (Å²) < 4.78 is 27.1. The fourth-order valence-electron chi connectivity index (χ4n) is 3.65. The molecule has 0 saturated heterocycles. The highest BCUT2D eigenvalue weighted by molar-refractivity contribution is 7.47. The molecule has 0 spiro atoms. The minimum absolute atomic E-state index is 0.0551. The molecule has 2 N–H and O–H groups in total. The lowest BCUT2D eigenvalue weighted by molar-refractivity contribution is -0.870. The van der Waals surface area contributed by atoms with E-state index in [9.17, 15) is 19.4 Å². The molecule has 0 heterocycles. The quantitative estimate of drug-likeness (QED) is 0.0414. The van der Waals surface area contributed by atoms with Crippen molar-refractivity contribution < 1.29 is 37.6 Å². The van der Waals surface area contributed by atoms with Crippen LogP contribution in [0.1, 0.15) is 110 Å². The van der Waals surface area contributed by atoms with E-state index < -0.39 is 20.5 Å². The normalized spacial score (nSPS) is 14.6. The molecule has 220 valence electrons. The maximum atomic E-state index is 11.8. The minimum atomic E-state index is -4.24. The van der Waals surface area contributed by atoms with Gasteiger partial charge >= 0.3 is 13.8 Å². The van der Waals surface area contributed by atoms with Gasteiger partial charge in [0.15, 0.2) is 0 Å². The Kier molecular flexibility index (Phi) is 22.7. The van der Waals surface area contributed by atoms with E-state index in [1.54, 1.807) is 0 Å². The van der Waals surface area contributed by atoms with Crippen LogP contribution in [0.25, 0.3) is 0 Å². The first-order valence-electron chi connectivity index (χ1n) is 14.5. The molecule has 0 radical (unpaired) electrons. The molecule has 9 heteroatoms. The second kappa shape index (κ2) is 23.2. The molecule has 0 aliphatic rings. The lowest BCUT2D eigenvalue weighted by Gasteiger charge is -2.24. The van der Waals surface area contributed by atoms with Crippen molar-refractivity contribution in [3.63, 3.8) is 0 Å². The van der Waals surface area contributed by atoms with Crippen LogP contribution in [-0.4, -0.2) is 74.1 Å². The van der Waals surface area contributed by atoms with Gasteiger partial charge in [0.1, 0.15) is 25.9 Å². The summed E-state index contributed by atoms with van der Waals surface area (Å²) in [4.78, 5) is 21.5. The zero-order valence-electron chi connectivity index (χ0n) is 24.2. The molecular weight excluding hydrogens is 493 g/mol. The molecule has 0 saturated carbocycles. The van der Waals surface area contributed by atoms with Crippen molar-refractivity contribution in [2.75, 3.05) is 47.5 Å². The van der Waals surface area contributed by atoms with Crippen molar-refractivity contribution in [3.8, 4) is 0 Å². The van der Waals surface area contributed by atoms with Crippen molar-refractivity contribution in [2.45, 2.75) is 116 Å². The Morgan fingerprint density at radius 1 is 0.811 bits per heavy atom. The number of allylic oxidation sites excluding steroid dienone is 2. The zero-order valence-corrected chi connectivity index (χ0v) is 25.1. The van der Waals surface area contributed by atoms with E-state index in [1.165, 1.54) is 77.0 Å². The van der Waals surface area contributed by atoms with E-state index in [4.69, 9.17) is 13.8 Å². The first-order valence-corrected chi connectivity index (χ1v) is 16.0. The van der Waals surface area contributed by atoms with Gasteiger partial charge in [0.2, 0.25) is 0 Å². The standard InChI is InChI=1S/C28H56NO7P/c1-5-6-7-8-9-10-11-12-13-14-15-16-17-18-19-20-21-22-28(31)34-25-27(30)26-36-37(32,33)35-24-23-29(2,3)4/h10-11,27,30H,5-9,12-26H2,1-4H3/p+1/b11-10-/t27-/m1/s1. The highest BCUT2D eigenvalue weighted by Crippen LogP contribution is 2.43. The number of likely N-dealkylation sites (N-methyl/N-ethyl adjacent to an activating group) is 1. The maximum Gasteiger partial charge on any atom is 0.472 e. The van der Waals surface area contributed by atoms with E-state index in [0.717, 1.165) is 19.3 Å². The number of phosphoric ester groups is 1. The summed E-state index contributed by atoms with van der Waals surface area (Å²) in [5, 5.41) is 9.84. The second-order valence-electron chi connectivity index (χ2n) is 11.0. The van der Waals surface area contributed by atoms with Gasteiger partial charge in [-0.15, -0.1) is 0 Å². The predicted molar refractivity (Wildman–Crippen MR) is 150 cm³/mol. The van der Waals surface area contributed by atoms with E-state index in [0.29, 0.717) is 17.4 Å². The lowest BCUT2D eigenvalue weighted by atomic mass is 10.1. The van der Waals surface area contributed by atoms with Gasteiger partial charge in [0.05, 0.1) is 27.7 Å². The number of hydrogen-bond donors (Lipinski definition) is 2. The number of carbonyl (C=O) groups excluding carboxylic acids is 1. The average molecular weight is 551 g/mol. The van der Waals surface area contributed by atoms with Crippen LogP contribution < -0.4 is 0 Å². The molecule has 8 nitrogen and oxygen atoms in total. The Labute approximate surface area is 227 Å². The van der Waals surface area contributed by atoms with Gasteiger partial charge in [-0.2, -0.15) is 0 Å². The van der Waals surface area contributed by atoms with Crippen molar-refractivity contribution in [2.24, 2.45) is 0 Å². The first kappa shape index (κ1) is 36.2. The monoisotopic (exact) mass is 550 g/mol. The molecule has 0 aliphatic heterocycles. The van der Waals surface area contributed by atoms with Crippen LogP contribution in [0.4, 0.5) is 0 Å². The smallest absolute Gasteiger partial charge is 0.463 e. The first-order chi connectivity index (χ1) is 17.6. The third-order valence-electron chi connectivity index (χ3n) is 6.03. The minimum Gasteiger partial charge on any atom is -0.463 e. The maximum absolute atomic E-state index is 11.8. The number of nitrogens with zero attached hydrogens (tertiary/aromatic N) is 1. The fraction of sp³-hybridized carbons (Fsp3) is 0.893. The number of aliphatic hydroxyl groups excluding tert-OH is 1. The van der Waals surface area contributed by atoms with Crippen LogP contribution in [0, 0.1) is 0 Å². The van der Waals surface area contributed by atoms with Crippen molar-refractivity contribution >= 4 is 13.8 Å². The number of carbonyl (C=O) groups is 1. The highest BCUT2D eigenvalue weighted by atomic mass is 31.2. The number of esters is 1. The molecule has 0 aromatic rings. The third-order valence-corrected chi connectivity index (χ3v) is 7.01.